The van der Waals surface area contributed by atoms with Crippen LogP contribution in [0.25, 0.3) is 61.4 Å². The Balaban J connectivity index is 1.67. The van der Waals surface area contributed by atoms with Gasteiger partial charge < -0.3 is 13.3 Å². The van der Waals surface area contributed by atoms with Gasteiger partial charge in [0.15, 0.2) is 0 Å². The second-order valence-corrected chi connectivity index (χ2v) is 8.03. The van der Waals surface area contributed by atoms with Gasteiger partial charge in [0, 0.05) is 21.9 Å². The van der Waals surface area contributed by atoms with Crippen molar-refractivity contribution in [1.29, 1.82) is 0 Å². The van der Waals surface area contributed by atoms with Crippen LogP contribution in [-0.2, 0) is 6.42 Å². The van der Waals surface area contributed by atoms with E-state index < -0.39 is 0 Å². The molecule has 0 saturated carbocycles. The van der Waals surface area contributed by atoms with Crippen LogP contribution < -0.4 is 0 Å². The predicted octanol–water partition coefficient (Wildman–Crippen LogP) is 8.22. The molecule has 3 heterocycles. The maximum absolute atomic E-state index is 6.50. The summed E-state index contributed by atoms with van der Waals surface area (Å²) >= 11 is 0. The summed E-state index contributed by atoms with van der Waals surface area (Å²) in [4.78, 5) is 0. The van der Waals surface area contributed by atoms with Gasteiger partial charge in [0.25, 0.3) is 0 Å². The molecule has 1 aliphatic rings. The molecule has 148 valence electrons. The molecule has 3 nitrogen and oxygen atoms in total. The standard InChI is InChI=1S/C28H18O3/c1-3-9-19-17(7-1)21(23-11-5-13-29-23)15-25-27(19)28-20-10-4-2-8-18(20)22(16-26(28)31-25)24-12-6-14-30-24/h1-3,5-9,11-16H,4,10H2. The Hall–Kier alpha value is -3.98. The minimum Gasteiger partial charge on any atom is -0.464 e. The molecule has 0 atom stereocenters. The maximum atomic E-state index is 6.50. The number of hydrogen-bond donors (Lipinski definition) is 0. The molecule has 0 radical (unpaired) electrons. The average Bonchev–Trinajstić information content (AvgIpc) is 3.58. The van der Waals surface area contributed by atoms with Crippen molar-refractivity contribution < 1.29 is 13.3 Å². The van der Waals surface area contributed by atoms with Crippen molar-refractivity contribution in [3.8, 4) is 22.6 Å². The van der Waals surface area contributed by atoms with Gasteiger partial charge in [0.1, 0.15) is 22.7 Å². The van der Waals surface area contributed by atoms with Crippen LogP contribution in [0.3, 0.4) is 0 Å². The summed E-state index contributed by atoms with van der Waals surface area (Å²) in [5.41, 5.74) is 6.48. The first-order valence-corrected chi connectivity index (χ1v) is 10.6. The van der Waals surface area contributed by atoms with Crippen molar-refractivity contribution in [2.24, 2.45) is 0 Å². The number of fused-ring (bicyclic) bond motifs is 7. The molecule has 0 saturated heterocycles. The first-order valence-electron chi connectivity index (χ1n) is 10.6. The van der Waals surface area contributed by atoms with E-state index in [4.69, 9.17) is 13.3 Å². The van der Waals surface area contributed by atoms with Crippen LogP contribution in [-0.4, -0.2) is 0 Å². The Kier molecular flexibility index (Phi) is 3.39. The number of rotatable bonds is 2. The molecule has 0 aliphatic heterocycles. The fourth-order valence-electron chi connectivity index (χ4n) is 5.04. The van der Waals surface area contributed by atoms with E-state index in [1.807, 2.05) is 24.3 Å². The highest BCUT2D eigenvalue weighted by Gasteiger charge is 2.23. The lowest BCUT2D eigenvalue weighted by Gasteiger charge is -2.15. The van der Waals surface area contributed by atoms with Gasteiger partial charge in [-0.15, -0.1) is 0 Å². The smallest absolute Gasteiger partial charge is 0.136 e. The molecule has 1 aliphatic carbocycles. The Morgan fingerprint density at radius 1 is 0.677 bits per heavy atom. The fourth-order valence-corrected chi connectivity index (χ4v) is 5.04. The molecule has 0 spiro atoms. The monoisotopic (exact) mass is 402 g/mol. The molecule has 7 rings (SSSR count). The fraction of sp³-hybridized carbons (Fsp3) is 0.0714. The lowest BCUT2D eigenvalue weighted by molar-refractivity contribution is 0.582. The predicted molar refractivity (Wildman–Crippen MR) is 124 cm³/mol. The van der Waals surface area contributed by atoms with Gasteiger partial charge in [0.05, 0.1) is 12.5 Å². The zero-order valence-corrected chi connectivity index (χ0v) is 16.7. The molecular formula is C28H18O3. The first-order chi connectivity index (χ1) is 15.4. The van der Waals surface area contributed by atoms with Crippen molar-refractivity contribution in [3.63, 3.8) is 0 Å². The Morgan fingerprint density at radius 2 is 1.39 bits per heavy atom. The van der Waals surface area contributed by atoms with E-state index in [0.717, 1.165) is 46.7 Å². The maximum Gasteiger partial charge on any atom is 0.136 e. The molecule has 3 aromatic carbocycles. The average molecular weight is 402 g/mol. The second-order valence-electron chi connectivity index (χ2n) is 8.03. The van der Waals surface area contributed by atoms with E-state index in [9.17, 15) is 0 Å². The molecule has 0 amide bonds. The first kappa shape index (κ1) is 16.8. The summed E-state index contributed by atoms with van der Waals surface area (Å²) < 4.78 is 18.0. The third-order valence-corrected chi connectivity index (χ3v) is 6.34. The number of hydrogen-bond acceptors (Lipinski definition) is 3. The minimum absolute atomic E-state index is 0.847. The molecule has 31 heavy (non-hydrogen) atoms. The van der Waals surface area contributed by atoms with Crippen molar-refractivity contribution in [3.05, 3.63) is 90.4 Å². The van der Waals surface area contributed by atoms with Crippen LogP contribution >= 0.6 is 0 Å². The minimum atomic E-state index is 0.847. The topological polar surface area (TPSA) is 39.4 Å². The van der Waals surface area contributed by atoms with Crippen LogP contribution in [0.4, 0.5) is 0 Å². The van der Waals surface area contributed by atoms with Crippen LogP contribution in [0.15, 0.2) is 92.5 Å². The van der Waals surface area contributed by atoms with Gasteiger partial charge in [-0.05, 0) is 71.1 Å². The summed E-state index contributed by atoms with van der Waals surface area (Å²) in [6, 6.07) is 20.6. The zero-order chi connectivity index (χ0) is 20.4. The van der Waals surface area contributed by atoms with Crippen molar-refractivity contribution in [1.82, 2.24) is 0 Å². The van der Waals surface area contributed by atoms with E-state index >= 15 is 0 Å². The molecule has 0 unspecified atom stereocenters. The molecule has 0 bridgehead atoms. The highest BCUT2D eigenvalue weighted by molar-refractivity contribution is 6.23. The summed E-state index contributed by atoms with van der Waals surface area (Å²) in [5.74, 6) is 1.71. The summed E-state index contributed by atoms with van der Waals surface area (Å²) in [6.45, 7) is 0. The molecule has 0 fully saturated rings. The third kappa shape index (κ3) is 2.34. The molecule has 3 heteroatoms. The summed E-state index contributed by atoms with van der Waals surface area (Å²) in [6.07, 6.45) is 9.93. The molecule has 3 aromatic heterocycles. The summed E-state index contributed by atoms with van der Waals surface area (Å²) in [7, 11) is 0. The van der Waals surface area contributed by atoms with Crippen LogP contribution in [0, 0.1) is 0 Å². The third-order valence-electron chi connectivity index (χ3n) is 6.34. The van der Waals surface area contributed by atoms with E-state index in [-0.39, 0.29) is 0 Å². The summed E-state index contributed by atoms with van der Waals surface area (Å²) in [5, 5.41) is 4.75. The SMILES string of the molecule is C1=Cc2c(-c3ccco3)cc3oc4cc(-c5ccco5)c5ccccc5c4c3c2CC1. The lowest BCUT2D eigenvalue weighted by atomic mass is 9.87. The van der Waals surface area contributed by atoms with E-state index in [1.54, 1.807) is 12.5 Å². The van der Waals surface area contributed by atoms with Crippen LogP contribution in [0.5, 0.6) is 0 Å². The van der Waals surface area contributed by atoms with Crippen LogP contribution in [0.1, 0.15) is 17.5 Å². The van der Waals surface area contributed by atoms with E-state index in [2.05, 4.69) is 48.6 Å². The molecular weight excluding hydrogens is 384 g/mol. The molecule has 6 aromatic rings. The quantitative estimate of drug-likeness (QED) is 0.293. The number of aryl methyl sites for hydroxylation is 1. The highest BCUT2D eigenvalue weighted by atomic mass is 16.3. The Morgan fingerprint density at radius 3 is 2.16 bits per heavy atom. The second kappa shape index (κ2) is 6.26. The molecule has 0 N–H and O–H groups in total. The van der Waals surface area contributed by atoms with Crippen LogP contribution in [0.2, 0.25) is 0 Å². The lowest BCUT2D eigenvalue weighted by Crippen LogP contribution is -1.97. The number of allylic oxidation sites excluding steroid dienone is 1. The van der Waals surface area contributed by atoms with Crippen molar-refractivity contribution >= 4 is 38.8 Å². The van der Waals surface area contributed by atoms with E-state index in [1.165, 1.54) is 32.7 Å². The highest BCUT2D eigenvalue weighted by Crippen LogP contribution is 2.45. The zero-order valence-electron chi connectivity index (χ0n) is 16.7. The van der Waals surface area contributed by atoms with Crippen molar-refractivity contribution in [2.45, 2.75) is 12.8 Å². The largest absolute Gasteiger partial charge is 0.464 e. The number of furan rings is 3. The van der Waals surface area contributed by atoms with Gasteiger partial charge in [-0.25, -0.2) is 0 Å². The Labute approximate surface area is 178 Å². The van der Waals surface area contributed by atoms with Gasteiger partial charge in [-0.2, -0.15) is 0 Å². The van der Waals surface area contributed by atoms with Crippen molar-refractivity contribution in [2.75, 3.05) is 0 Å². The van der Waals surface area contributed by atoms with Gasteiger partial charge in [0.2, 0.25) is 0 Å². The normalized spacial score (nSPS) is 13.4. The van der Waals surface area contributed by atoms with Gasteiger partial charge in [-0.3, -0.25) is 0 Å². The Bertz CT molecular complexity index is 1610. The van der Waals surface area contributed by atoms with Gasteiger partial charge >= 0.3 is 0 Å². The number of benzene rings is 3. The van der Waals surface area contributed by atoms with E-state index in [0.29, 0.717) is 0 Å². The van der Waals surface area contributed by atoms with Gasteiger partial charge in [-0.1, -0.05) is 36.4 Å².